The smallest absolute Gasteiger partial charge is 0.260 e. The van der Waals surface area contributed by atoms with Crippen LogP contribution in [0.5, 0.6) is 0 Å². The molecule has 0 bridgehead atoms. The molecule has 0 saturated heterocycles. The minimum atomic E-state index is -0.229. The second-order valence-corrected chi connectivity index (χ2v) is 3.73. The molecule has 3 N–H and O–H groups in total. The fourth-order valence-electron chi connectivity index (χ4n) is 1.49. The molecule has 0 aliphatic carbocycles. The van der Waals surface area contributed by atoms with Gasteiger partial charge in [-0.2, -0.15) is 5.10 Å². The SMILES string of the molecule is Cc1nn(C)cc1C(=O)Nc1ccc(N)cn1. The van der Waals surface area contributed by atoms with Gasteiger partial charge in [-0.05, 0) is 19.1 Å². The number of anilines is 2. The van der Waals surface area contributed by atoms with E-state index >= 15 is 0 Å². The summed E-state index contributed by atoms with van der Waals surface area (Å²) in [7, 11) is 1.77. The number of rotatable bonds is 2. The minimum absolute atomic E-state index is 0.229. The van der Waals surface area contributed by atoms with E-state index < -0.39 is 0 Å². The summed E-state index contributed by atoms with van der Waals surface area (Å²) in [5.41, 5.74) is 7.28. The van der Waals surface area contributed by atoms with Crippen LogP contribution in [0.1, 0.15) is 16.1 Å². The van der Waals surface area contributed by atoms with E-state index in [0.717, 1.165) is 0 Å². The third kappa shape index (κ3) is 2.41. The molecule has 17 heavy (non-hydrogen) atoms. The first kappa shape index (κ1) is 11.1. The number of carbonyl (C=O) groups is 1. The van der Waals surface area contributed by atoms with Crippen molar-refractivity contribution < 1.29 is 4.79 Å². The predicted molar refractivity (Wildman–Crippen MR) is 64.5 cm³/mol. The summed E-state index contributed by atoms with van der Waals surface area (Å²) in [5.74, 6) is 0.236. The lowest BCUT2D eigenvalue weighted by Crippen LogP contribution is -2.13. The molecular formula is C11H13N5O. The van der Waals surface area contributed by atoms with Crippen LogP contribution in [0.3, 0.4) is 0 Å². The first-order valence-corrected chi connectivity index (χ1v) is 5.09. The number of aryl methyl sites for hydroxylation is 2. The van der Waals surface area contributed by atoms with E-state index in [1.54, 1.807) is 37.0 Å². The van der Waals surface area contributed by atoms with Crippen LogP contribution in [-0.4, -0.2) is 20.7 Å². The maximum Gasteiger partial charge on any atom is 0.260 e. The molecule has 1 amide bonds. The lowest BCUT2D eigenvalue weighted by molar-refractivity contribution is 0.102. The standard InChI is InChI=1S/C11H13N5O/c1-7-9(6-16(2)15-7)11(17)14-10-4-3-8(12)5-13-10/h3-6H,12H2,1-2H3,(H,13,14,17). The second-order valence-electron chi connectivity index (χ2n) is 3.73. The third-order valence-electron chi connectivity index (χ3n) is 2.29. The van der Waals surface area contributed by atoms with E-state index in [1.165, 1.54) is 6.20 Å². The van der Waals surface area contributed by atoms with Crippen molar-refractivity contribution in [1.29, 1.82) is 0 Å². The number of nitrogens with two attached hydrogens (primary N) is 1. The summed E-state index contributed by atoms with van der Waals surface area (Å²) in [6.07, 6.45) is 3.16. The second kappa shape index (κ2) is 4.25. The summed E-state index contributed by atoms with van der Waals surface area (Å²) in [4.78, 5) is 15.9. The van der Waals surface area contributed by atoms with Crippen molar-refractivity contribution in [3.63, 3.8) is 0 Å². The van der Waals surface area contributed by atoms with Crippen LogP contribution in [0.4, 0.5) is 11.5 Å². The van der Waals surface area contributed by atoms with E-state index in [-0.39, 0.29) is 5.91 Å². The molecule has 0 spiro atoms. The van der Waals surface area contributed by atoms with Gasteiger partial charge in [0.25, 0.3) is 5.91 Å². The highest BCUT2D eigenvalue weighted by Crippen LogP contribution is 2.10. The molecule has 0 saturated carbocycles. The molecule has 2 aromatic rings. The molecule has 2 heterocycles. The summed E-state index contributed by atoms with van der Waals surface area (Å²) in [5, 5.41) is 6.78. The summed E-state index contributed by atoms with van der Waals surface area (Å²) >= 11 is 0. The number of nitrogens with one attached hydrogen (secondary N) is 1. The van der Waals surface area contributed by atoms with Crippen LogP contribution < -0.4 is 11.1 Å². The van der Waals surface area contributed by atoms with Crippen molar-refractivity contribution in [2.45, 2.75) is 6.92 Å². The zero-order valence-electron chi connectivity index (χ0n) is 9.64. The molecule has 0 atom stereocenters. The number of aromatic nitrogens is 3. The Bertz CT molecular complexity index is 543. The van der Waals surface area contributed by atoms with Gasteiger partial charge in [-0.25, -0.2) is 4.98 Å². The van der Waals surface area contributed by atoms with E-state index in [1.807, 2.05) is 0 Å². The number of carbonyl (C=O) groups excluding carboxylic acids is 1. The summed E-state index contributed by atoms with van der Waals surface area (Å²) in [6, 6.07) is 3.33. The van der Waals surface area contributed by atoms with Gasteiger partial charge in [0.05, 0.1) is 23.1 Å². The Kier molecular flexibility index (Phi) is 2.78. The van der Waals surface area contributed by atoms with Crippen molar-refractivity contribution >= 4 is 17.4 Å². The molecule has 2 rings (SSSR count). The van der Waals surface area contributed by atoms with E-state index in [2.05, 4.69) is 15.4 Å². The molecule has 2 aromatic heterocycles. The molecular weight excluding hydrogens is 218 g/mol. The molecule has 0 fully saturated rings. The molecule has 6 heteroatoms. The van der Waals surface area contributed by atoms with Gasteiger partial charge in [0, 0.05) is 13.2 Å². The number of amides is 1. The highest BCUT2D eigenvalue weighted by molar-refractivity contribution is 6.04. The maximum absolute atomic E-state index is 11.9. The lowest BCUT2D eigenvalue weighted by Gasteiger charge is -2.03. The Morgan fingerprint density at radius 1 is 1.47 bits per heavy atom. The highest BCUT2D eigenvalue weighted by Gasteiger charge is 2.12. The van der Waals surface area contributed by atoms with Crippen molar-refractivity contribution in [1.82, 2.24) is 14.8 Å². The average Bonchev–Trinajstić information content (AvgIpc) is 2.61. The number of nitrogen functional groups attached to an aromatic ring is 1. The van der Waals surface area contributed by atoms with Gasteiger partial charge in [-0.1, -0.05) is 0 Å². The fourth-order valence-corrected chi connectivity index (χ4v) is 1.49. The number of pyridine rings is 1. The van der Waals surface area contributed by atoms with Crippen LogP contribution in [0.25, 0.3) is 0 Å². The first-order chi connectivity index (χ1) is 8.06. The zero-order chi connectivity index (χ0) is 12.4. The largest absolute Gasteiger partial charge is 0.397 e. The molecule has 0 aliphatic heterocycles. The molecule has 0 aliphatic rings. The lowest BCUT2D eigenvalue weighted by atomic mass is 10.2. The minimum Gasteiger partial charge on any atom is -0.397 e. The van der Waals surface area contributed by atoms with E-state index in [9.17, 15) is 4.79 Å². The van der Waals surface area contributed by atoms with Gasteiger partial charge < -0.3 is 11.1 Å². The van der Waals surface area contributed by atoms with Crippen molar-refractivity contribution in [3.8, 4) is 0 Å². The van der Waals surface area contributed by atoms with Crippen LogP contribution >= 0.6 is 0 Å². The predicted octanol–water partition coefficient (Wildman–Crippen LogP) is 0.958. The van der Waals surface area contributed by atoms with Gasteiger partial charge in [0.1, 0.15) is 5.82 Å². The maximum atomic E-state index is 11.9. The Labute approximate surface area is 98.5 Å². The monoisotopic (exact) mass is 231 g/mol. The number of hydrogen-bond acceptors (Lipinski definition) is 4. The van der Waals surface area contributed by atoms with Crippen molar-refractivity contribution in [3.05, 3.63) is 35.8 Å². The van der Waals surface area contributed by atoms with Crippen LogP contribution in [-0.2, 0) is 7.05 Å². The Balaban J connectivity index is 2.17. The van der Waals surface area contributed by atoms with Gasteiger partial charge in [0.2, 0.25) is 0 Å². The van der Waals surface area contributed by atoms with Gasteiger partial charge in [-0.15, -0.1) is 0 Å². The third-order valence-corrected chi connectivity index (χ3v) is 2.29. The molecule has 6 nitrogen and oxygen atoms in total. The Morgan fingerprint density at radius 3 is 2.76 bits per heavy atom. The highest BCUT2D eigenvalue weighted by atomic mass is 16.1. The average molecular weight is 231 g/mol. The first-order valence-electron chi connectivity index (χ1n) is 5.09. The molecule has 0 aromatic carbocycles. The number of hydrogen-bond donors (Lipinski definition) is 2. The van der Waals surface area contributed by atoms with Crippen molar-refractivity contribution in [2.24, 2.45) is 7.05 Å². The summed E-state index contributed by atoms with van der Waals surface area (Å²) < 4.78 is 1.60. The fraction of sp³-hybridized carbons (Fsp3) is 0.182. The van der Waals surface area contributed by atoms with Crippen molar-refractivity contribution in [2.75, 3.05) is 11.1 Å². The quantitative estimate of drug-likeness (QED) is 0.806. The molecule has 0 radical (unpaired) electrons. The van der Waals surface area contributed by atoms with E-state index in [0.29, 0.717) is 22.8 Å². The number of nitrogens with zero attached hydrogens (tertiary/aromatic N) is 3. The summed E-state index contributed by atoms with van der Waals surface area (Å²) in [6.45, 7) is 1.78. The van der Waals surface area contributed by atoms with E-state index in [4.69, 9.17) is 5.73 Å². The topological polar surface area (TPSA) is 85.8 Å². The Hall–Kier alpha value is -2.37. The molecule has 88 valence electrons. The van der Waals surface area contributed by atoms with Crippen LogP contribution in [0.2, 0.25) is 0 Å². The van der Waals surface area contributed by atoms with Gasteiger partial charge in [0.15, 0.2) is 0 Å². The van der Waals surface area contributed by atoms with Gasteiger partial charge in [-0.3, -0.25) is 9.48 Å². The molecule has 0 unspecified atom stereocenters. The van der Waals surface area contributed by atoms with Crippen LogP contribution in [0.15, 0.2) is 24.5 Å². The zero-order valence-corrected chi connectivity index (χ0v) is 9.64. The van der Waals surface area contributed by atoms with Crippen LogP contribution in [0, 0.1) is 6.92 Å². The Morgan fingerprint density at radius 2 is 2.24 bits per heavy atom. The normalized spacial score (nSPS) is 10.2. The van der Waals surface area contributed by atoms with Gasteiger partial charge >= 0.3 is 0 Å².